The van der Waals surface area contributed by atoms with Crippen LogP contribution in [0.1, 0.15) is 56.1 Å². The Balaban J connectivity index is 2.02. The zero-order valence-corrected chi connectivity index (χ0v) is 18.1. The van der Waals surface area contributed by atoms with Crippen molar-refractivity contribution in [1.82, 2.24) is 9.62 Å². The highest BCUT2D eigenvalue weighted by atomic mass is 32.2. The molecule has 6 heteroatoms. The standard InChI is InChI=1S/C22H30N2O3S/c1-6-24(7-2)28(26,27)20-14-8-17(9-15-20)16-23-21(25)18-10-12-19(13-11-18)22(3,4)5/h8-15H,6-7,16H2,1-5H3,(H,23,25). The maximum absolute atomic E-state index is 12.5. The van der Waals surface area contributed by atoms with E-state index in [0.29, 0.717) is 25.2 Å². The smallest absolute Gasteiger partial charge is 0.251 e. The number of benzene rings is 2. The van der Waals surface area contributed by atoms with Crippen LogP contribution in [0.25, 0.3) is 0 Å². The maximum Gasteiger partial charge on any atom is 0.251 e. The van der Waals surface area contributed by atoms with Crippen LogP contribution in [-0.2, 0) is 22.0 Å². The van der Waals surface area contributed by atoms with Gasteiger partial charge in [0.25, 0.3) is 5.91 Å². The summed E-state index contributed by atoms with van der Waals surface area (Å²) in [5.41, 5.74) is 2.67. The van der Waals surface area contributed by atoms with Crippen LogP contribution in [0.15, 0.2) is 53.4 Å². The fourth-order valence-corrected chi connectivity index (χ4v) is 4.36. The van der Waals surface area contributed by atoms with E-state index in [-0.39, 0.29) is 16.2 Å². The molecule has 0 atom stereocenters. The topological polar surface area (TPSA) is 66.5 Å². The van der Waals surface area contributed by atoms with Gasteiger partial charge in [0.1, 0.15) is 0 Å². The van der Waals surface area contributed by atoms with E-state index in [2.05, 4.69) is 26.1 Å². The molecule has 152 valence electrons. The van der Waals surface area contributed by atoms with Gasteiger partial charge < -0.3 is 5.32 Å². The summed E-state index contributed by atoms with van der Waals surface area (Å²) < 4.78 is 26.4. The van der Waals surface area contributed by atoms with Crippen molar-refractivity contribution in [3.05, 3.63) is 65.2 Å². The van der Waals surface area contributed by atoms with Crippen LogP contribution in [-0.4, -0.2) is 31.7 Å². The molecule has 2 aromatic carbocycles. The van der Waals surface area contributed by atoms with Gasteiger partial charge in [-0.3, -0.25) is 4.79 Å². The fraction of sp³-hybridized carbons (Fsp3) is 0.409. The Morgan fingerprint density at radius 2 is 1.46 bits per heavy atom. The maximum atomic E-state index is 12.5. The summed E-state index contributed by atoms with van der Waals surface area (Å²) >= 11 is 0. The second-order valence-corrected chi connectivity index (χ2v) is 9.68. The van der Waals surface area contributed by atoms with Gasteiger partial charge in [-0.15, -0.1) is 0 Å². The van der Waals surface area contributed by atoms with Gasteiger partial charge in [-0.05, 0) is 40.8 Å². The summed E-state index contributed by atoms with van der Waals surface area (Å²) in [4.78, 5) is 12.6. The third-order valence-corrected chi connectivity index (χ3v) is 6.80. The summed E-state index contributed by atoms with van der Waals surface area (Å²) in [6, 6.07) is 14.3. The number of hydrogen-bond donors (Lipinski definition) is 1. The van der Waals surface area contributed by atoms with Crippen molar-refractivity contribution in [3.8, 4) is 0 Å². The highest BCUT2D eigenvalue weighted by molar-refractivity contribution is 7.89. The lowest BCUT2D eigenvalue weighted by atomic mass is 9.87. The molecule has 0 aliphatic carbocycles. The minimum absolute atomic E-state index is 0.0439. The Kier molecular flexibility index (Phi) is 7.01. The number of amides is 1. The van der Waals surface area contributed by atoms with Gasteiger partial charge in [0.05, 0.1) is 4.90 Å². The van der Waals surface area contributed by atoms with Gasteiger partial charge in [-0.2, -0.15) is 4.31 Å². The van der Waals surface area contributed by atoms with Crippen molar-refractivity contribution in [2.75, 3.05) is 13.1 Å². The van der Waals surface area contributed by atoms with E-state index in [1.54, 1.807) is 24.3 Å². The molecule has 0 heterocycles. The first-order chi connectivity index (χ1) is 13.1. The molecular weight excluding hydrogens is 372 g/mol. The summed E-state index contributed by atoms with van der Waals surface area (Å²) in [5, 5.41) is 2.88. The van der Waals surface area contributed by atoms with Gasteiger partial charge in [0.15, 0.2) is 0 Å². The molecule has 0 spiro atoms. The Morgan fingerprint density at radius 3 is 1.93 bits per heavy atom. The first-order valence-corrected chi connectivity index (χ1v) is 11.0. The third kappa shape index (κ3) is 5.20. The minimum atomic E-state index is -3.46. The number of carbonyl (C=O) groups excluding carboxylic acids is 1. The average Bonchev–Trinajstić information content (AvgIpc) is 2.66. The van der Waals surface area contributed by atoms with Gasteiger partial charge >= 0.3 is 0 Å². The number of carbonyl (C=O) groups is 1. The number of nitrogens with zero attached hydrogens (tertiary/aromatic N) is 1. The first kappa shape index (κ1) is 22.1. The van der Waals surface area contributed by atoms with Crippen LogP contribution in [0.3, 0.4) is 0 Å². The highest BCUT2D eigenvalue weighted by Crippen LogP contribution is 2.22. The Hall–Kier alpha value is -2.18. The minimum Gasteiger partial charge on any atom is -0.348 e. The zero-order chi connectivity index (χ0) is 20.9. The predicted octanol–water partition coefficient (Wildman–Crippen LogP) is 3.94. The largest absolute Gasteiger partial charge is 0.348 e. The van der Waals surface area contributed by atoms with Crippen LogP contribution in [0.5, 0.6) is 0 Å². The normalized spacial score (nSPS) is 12.2. The summed E-state index contributed by atoms with van der Waals surface area (Å²) in [5.74, 6) is -0.153. The van der Waals surface area contributed by atoms with E-state index in [1.165, 1.54) is 9.87 Å². The molecule has 0 saturated heterocycles. The second kappa shape index (κ2) is 8.88. The van der Waals surface area contributed by atoms with Gasteiger partial charge in [-0.1, -0.05) is 58.9 Å². The molecule has 0 aliphatic rings. The Morgan fingerprint density at radius 1 is 0.929 bits per heavy atom. The molecule has 28 heavy (non-hydrogen) atoms. The molecular formula is C22H30N2O3S. The molecule has 0 aliphatic heterocycles. The lowest BCUT2D eigenvalue weighted by molar-refractivity contribution is 0.0951. The molecule has 2 rings (SSSR count). The SMILES string of the molecule is CCN(CC)S(=O)(=O)c1ccc(CNC(=O)c2ccc(C(C)(C)C)cc2)cc1. The van der Waals surface area contributed by atoms with Crippen molar-refractivity contribution in [2.45, 2.75) is 51.5 Å². The first-order valence-electron chi connectivity index (χ1n) is 9.57. The third-order valence-electron chi connectivity index (χ3n) is 4.73. The molecule has 0 fully saturated rings. The van der Waals surface area contributed by atoms with Crippen LogP contribution in [0, 0.1) is 0 Å². The van der Waals surface area contributed by atoms with Gasteiger partial charge in [0.2, 0.25) is 10.0 Å². The van der Waals surface area contributed by atoms with Crippen molar-refractivity contribution < 1.29 is 13.2 Å². The van der Waals surface area contributed by atoms with Gasteiger partial charge in [-0.25, -0.2) is 8.42 Å². The van der Waals surface area contributed by atoms with Crippen LogP contribution in [0.4, 0.5) is 0 Å². The Bertz CT molecular complexity index is 892. The quantitative estimate of drug-likeness (QED) is 0.763. The number of nitrogens with one attached hydrogen (secondary N) is 1. The fourth-order valence-electron chi connectivity index (χ4n) is 2.90. The average molecular weight is 403 g/mol. The van der Waals surface area contributed by atoms with Crippen molar-refractivity contribution in [3.63, 3.8) is 0 Å². The monoisotopic (exact) mass is 402 g/mol. The molecule has 1 N–H and O–H groups in total. The number of sulfonamides is 1. The van der Waals surface area contributed by atoms with Crippen molar-refractivity contribution in [1.29, 1.82) is 0 Å². The van der Waals surface area contributed by atoms with Crippen LogP contribution >= 0.6 is 0 Å². The van der Waals surface area contributed by atoms with Gasteiger partial charge in [0, 0.05) is 25.2 Å². The number of hydrogen-bond acceptors (Lipinski definition) is 3. The summed E-state index contributed by atoms with van der Waals surface area (Å²) in [7, 11) is -3.46. The molecule has 5 nitrogen and oxygen atoms in total. The molecule has 0 bridgehead atoms. The van der Waals surface area contributed by atoms with Crippen LogP contribution in [0.2, 0.25) is 0 Å². The zero-order valence-electron chi connectivity index (χ0n) is 17.3. The van der Waals surface area contributed by atoms with E-state index >= 15 is 0 Å². The van der Waals surface area contributed by atoms with E-state index in [0.717, 1.165) is 5.56 Å². The van der Waals surface area contributed by atoms with E-state index < -0.39 is 10.0 Å². The van der Waals surface area contributed by atoms with E-state index in [1.807, 2.05) is 38.1 Å². The molecule has 0 saturated carbocycles. The van der Waals surface area contributed by atoms with E-state index in [4.69, 9.17) is 0 Å². The highest BCUT2D eigenvalue weighted by Gasteiger charge is 2.21. The van der Waals surface area contributed by atoms with Crippen molar-refractivity contribution in [2.24, 2.45) is 0 Å². The molecule has 2 aromatic rings. The predicted molar refractivity (Wildman–Crippen MR) is 113 cm³/mol. The second-order valence-electron chi connectivity index (χ2n) is 7.74. The van der Waals surface area contributed by atoms with Crippen LogP contribution < -0.4 is 5.32 Å². The molecule has 0 aromatic heterocycles. The Labute approximate surface area is 168 Å². The van der Waals surface area contributed by atoms with Crippen molar-refractivity contribution >= 4 is 15.9 Å². The van der Waals surface area contributed by atoms with E-state index in [9.17, 15) is 13.2 Å². The molecule has 0 unspecified atom stereocenters. The number of rotatable bonds is 7. The molecule has 0 radical (unpaired) electrons. The lowest BCUT2D eigenvalue weighted by Gasteiger charge is -2.19. The lowest BCUT2D eigenvalue weighted by Crippen LogP contribution is -2.30. The molecule has 1 amide bonds. The summed E-state index contributed by atoms with van der Waals surface area (Å²) in [6.07, 6.45) is 0. The summed E-state index contributed by atoms with van der Waals surface area (Å²) in [6.45, 7) is 11.2.